The van der Waals surface area contributed by atoms with Crippen LogP contribution in [0, 0.1) is 17.3 Å². The molecule has 0 aromatic heterocycles. The molecule has 7 unspecified atom stereocenters. The van der Waals surface area contributed by atoms with Gasteiger partial charge in [-0.15, -0.1) is 0 Å². The summed E-state index contributed by atoms with van der Waals surface area (Å²) >= 11 is 0. The Morgan fingerprint density at radius 3 is 2.35 bits per heavy atom. The zero-order chi connectivity index (χ0) is 35.0. The van der Waals surface area contributed by atoms with Crippen molar-refractivity contribution in [3.8, 4) is 17.2 Å². The molecule has 0 bridgehead atoms. The van der Waals surface area contributed by atoms with Crippen molar-refractivity contribution < 1.29 is 58.1 Å². The van der Waals surface area contributed by atoms with Gasteiger partial charge in [-0.05, 0) is 105 Å². The van der Waals surface area contributed by atoms with Gasteiger partial charge in [0, 0.05) is 18.3 Å². The molecule has 2 aromatic rings. The van der Waals surface area contributed by atoms with E-state index in [4.69, 9.17) is 25.5 Å². The lowest BCUT2D eigenvalue weighted by atomic mass is 9.55. The van der Waals surface area contributed by atoms with E-state index < -0.39 is 49.2 Å². The Balaban J connectivity index is 1.09. The zero-order valence-corrected chi connectivity index (χ0v) is 27.5. The van der Waals surface area contributed by atoms with E-state index in [1.54, 1.807) is 12.1 Å². The van der Waals surface area contributed by atoms with E-state index in [2.05, 4.69) is 6.92 Å². The standard InChI is InChI=1S/C33H43N2O12P/c1-33-15-14-20-19-5-3-18(47-48(42,43)44)16-17(19)2-4-21(20)22(33)6-11-27(33)46-29(39)13-9-25(37)24(36)8-12-28(38)45-26-10-7-23(34)31(40)30(26)32(35)41/h3,5,7,10,16,20-22,24-25,27,36-37,40H,2,4,6,8-9,11-15,34H2,1H3,(H2,35,41)(H2,42,43,44). The zero-order valence-electron chi connectivity index (χ0n) is 26.6. The van der Waals surface area contributed by atoms with Crippen molar-refractivity contribution in [3.63, 3.8) is 0 Å². The second-order valence-electron chi connectivity index (χ2n) is 13.4. The quantitative estimate of drug-likeness (QED) is 0.0556. The number of benzene rings is 2. The van der Waals surface area contributed by atoms with Crippen LogP contribution in [0.15, 0.2) is 30.3 Å². The SMILES string of the molecule is CC12CCC3c4ccc(OP(=O)(O)O)cc4CCC3C1CCC2OC(=O)CCC(O)C(O)CCC(=O)Oc1ccc(N)c(O)c1C(N)=O. The summed E-state index contributed by atoms with van der Waals surface area (Å²) in [7, 11) is -4.64. The second kappa shape index (κ2) is 14.0. The predicted octanol–water partition coefficient (Wildman–Crippen LogP) is 3.20. The first-order valence-electron chi connectivity index (χ1n) is 16.1. The number of phosphoric ester groups is 1. The molecular formula is C33H43N2O12P. The van der Waals surface area contributed by atoms with E-state index in [1.807, 2.05) is 6.07 Å². The minimum Gasteiger partial charge on any atom is -0.505 e. The highest BCUT2D eigenvalue weighted by atomic mass is 31.2. The second-order valence-corrected chi connectivity index (χ2v) is 14.5. The van der Waals surface area contributed by atoms with Crippen LogP contribution in [-0.4, -0.2) is 61.3 Å². The van der Waals surface area contributed by atoms with Gasteiger partial charge < -0.3 is 40.8 Å². The molecule has 0 spiro atoms. The van der Waals surface area contributed by atoms with Crippen molar-refractivity contribution >= 4 is 31.4 Å². The average molecular weight is 691 g/mol. The molecule has 3 aliphatic carbocycles. The molecule has 9 N–H and O–H groups in total. The number of aliphatic hydroxyl groups is 2. The smallest absolute Gasteiger partial charge is 0.505 e. The van der Waals surface area contributed by atoms with Gasteiger partial charge in [-0.2, -0.15) is 0 Å². The molecule has 5 rings (SSSR count). The van der Waals surface area contributed by atoms with Gasteiger partial charge in [0.1, 0.15) is 23.2 Å². The number of esters is 2. The molecule has 3 aliphatic rings. The number of nitrogen functional groups attached to an aromatic ring is 1. The predicted molar refractivity (Wildman–Crippen MR) is 171 cm³/mol. The minimum absolute atomic E-state index is 0.0746. The van der Waals surface area contributed by atoms with Crippen LogP contribution in [0.4, 0.5) is 5.69 Å². The van der Waals surface area contributed by atoms with Crippen LogP contribution in [0.1, 0.15) is 92.1 Å². The number of phosphoric acid groups is 1. The number of carbonyl (C=O) groups is 3. The first-order chi connectivity index (χ1) is 22.6. The molecule has 14 nitrogen and oxygen atoms in total. The third-order valence-corrected chi connectivity index (χ3v) is 10.9. The van der Waals surface area contributed by atoms with Crippen LogP contribution < -0.4 is 20.7 Å². The van der Waals surface area contributed by atoms with Crippen molar-refractivity contribution in [1.29, 1.82) is 0 Å². The van der Waals surface area contributed by atoms with Crippen molar-refractivity contribution in [2.75, 3.05) is 5.73 Å². The lowest BCUT2D eigenvalue weighted by Crippen LogP contribution is -2.45. The van der Waals surface area contributed by atoms with Crippen LogP contribution in [-0.2, 0) is 25.3 Å². The van der Waals surface area contributed by atoms with Crippen molar-refractivity contribution in [3.05, 3.63) is 47.0 Å². The van der Waals surface area contributed by atoms with E-state index in [9.17, 15) is 44.1 Å². The molecule has 2 fully saturated rings. The highest BCUT2D eigenvalue weighted by Gasteiger charge is 2.56. The molecule has 262 valence electrons. The Kier molecular flexibility index (Phi) is 10.4. The minimum atomic E-state index is -4.64. The maximum atomic E-state index is 12.9. The summed E-state index contributed by atoms with van der Waals surface area (Å²) in [5, 5.41) is 30.9. The Morgan fingerprint density at radius 1 is 1.00 bits per heavy atom. The summed E-state index contributed by atoms with van der Waals surface area (Å²) in [5.74, 6) is -2.05. The number of primary amides is 1. The number of fused-ring (bicyclic) bond motifs is 5. The number of carbonyl (C=O) groups excluding carboxylic acids is 3. The normalized spacial score (nSPS) is 25.9. The maximum absolute atomic E-state index is 12.9. The van der Waals surface area contributed by atoms with Crippen LogP contribution in [0.5, 0.6) is 17.2 Å². The van der Waals surface area contributed by atoms with Crippen molar-refractivity contribution in [2.45, 2.75) is 95.4 Å². The number of phenols is 1. The number of aryl methyl sites for hydroxylation is 1. The van der Waals surface area contributed by atoms with Crippen LogP contribution >= 0.6 is 7.82 Å². The van der Waals surface area contributed by atoms with Gasteiger partial charge in [-0.3, -0.25) is 24.2 Å². The molecule has 2 aromatic carbocycles. The van der Waals surface area contributed by atoms with Crippen LogP contribution in [0.3, 0.4) is 0 Å². The highest BCUT2D eigenvalue weighted by Crippen LogP contribution is 2.61. The number of ether oxygens (including phenoxy) is 2. The third kappa shape index (κ3) is 7.63. The molecule has 0 saturated heterocycles. The summed E-state index contributed by atoms with van der Waals surface area (Å²) in [6, 6.07) is 7.70. The fraction of sp³-hybridized carbons (Fsp3) is 0.545. The van der Waals surface area contributed by atoms with Gasteiger partial charge >= 0.3 is 19.8 Å². The number of aliphatic hydroxyl groups excluding tert-OH is 2. The Labute approximate surface area is 277 Å². The van der Waals surface area contributed by atoms with Crippen LogP contribution in [0.25, 0.3) is 0 Å². The number of nitrogens with two attached hydrogens (primary N) is 2. The van der Waals surface area contributed by atoms with Crippen molar-refractivity contribution in [1.82, 2.24) is 0 Å². The average Bonchev–Trinajstić information content (AvgIpc) is 3.34. The first kappa shape index (κ1) is 35.6. The summed E-state index contributed by atoms with van der Waals surface area (Å²) in [5.41, 5.74) is 12.3. The van der Waals surface area contributed by atoms with Crippen LogP contribution in [0.2, 0.25) is 0 Å². The molecule has 15 heteroatoms. The topological polar surface area (TPSA) is 249 Å². The summed E-state index contributed by atoms with van der Waals surface area (Å²) in [6.07, 6.45) is 1.46. The molecule has 0 radical (unpaired) electrons. The number of amides is 1. The Hall–Kier alpha value is -3.68. The summed E-state index contributed by atoms with van der Waals surface area (Å²) < 4.78 is 27.2. The van der Waals surface area contributed by atoms with E-state index in [-0.39, 0.29) is 54.4 Å². The van der Waals surface area contributed by atoms with Gasteiger partial charge in [0.15, 0.2) is 5.75 Å². The summed E-state index contributed by atoms with van der Waals surface area (Å²) in [6.45, 7) is 2.18. The van der Waals surface area contributed by atoms with Gasteiger partial charge in [0.2, 0.25) is 0 Å². The molecule has 0 heterocycles. The fourth-order valence-electron chi connectivity index (χ4n) is 8.12. The van der Waals surface area contributed by atoms with E-state index in [0.29, 0.717) is 17.8 Å². The summed E-state index contributed by atoms with van der Waals surface area (Å²) in [4.78, 5) is 55.3. The number of anilines is 1. The van der Waals surface area contributed by atoms with E-state index in [1.165, 1.54) is 17.7 Å². The number of rotatable bonds is 12. The van der Waals surface area contributed by atoms with Gasteiger partial charge in [-0.1, -0.05) is 13.0 Å². The lowest BCUT2D eigenvalue weighted by Gasteiger charge is -2.50. The molecular weight excluding hydrogens is 647 g/mol. The molecule has 48 heavy (non-hydrogen) atoms. The fourth-order valence-corrected chi connectivity index (χ4v) is 8.51. The molecule has 7 atom stereocenters. The largest absolute Gasteiger partial charge is 0.524 e. The third-order valence-electron chi connectivity index (χ3n) is 10.5. The van der Waals surface area contributed by atoms with Crippen molar-refractivity contribution in [2.24, 2.45) is 23.0 Å². The van der Waals surface area contributed by atoms with E-state index in [0.717, 1.165) is 44.1 Å². The number of aromatic hydroxyl groups is 1. The monoisotopic (exact) mass is 690 g/mol. The maximum Gasteiger partial charge on any atom is 0.524 e. The number of hydrogen-bond acceptors (Lipinski definition) is 11. The number of hydrogen-bond donors (Lipinski definition) is 7. The lowest BCUT2D eigenvalue weighted by molar-refractivity contribution is -0.158. The van der Waals surface area contributed by atoms with Gasteiger partial charge in [0.25, 0.3) is 5.91 Å². The Morgan fingerprint density at radius 2 is 1.69 bits per heavy atom. The van der Waals surface area contributed by atoms with E-state index >= 15 is 0 Å². The molecule has 1 amide bonds. The molecule has 2 saturated carbocycles. The van der Waals surface area contributed by atoms with Gasteiger partial charge in [0.05, 0.1) is 17.9 Å². The first-order valence-corrected chi connectivity index (χ1v) is 17.7. The Bertz CT molecular complexity index is 1610. The highest BCUT2D eigenvalue weighted by molar-refractivity contribution is 7.46. The van der Waals surface area contributed by atoms with Gasteiger partial charge in [-0.25, -0.2) is 4.57 Å². The molecule has 0 aliphatic heterocycles.